The van der Waals surface area contributed by atoms with Crippen LogP contribution in [0.2, 0.25) is 0 Å². The summed E-state index contributed by atoms with van der Waals surface area (Å²) in [5, 5.41) is 17.5. The summed E-state index contributed by atoms with van der Waals surface area (Å²) < 4.78 is 13.2. The van der Waals surface area contributed by atoms with Crippen LogP contribution in [0.4, 0.5) is 16.6 Å². The molecule has 12 heteroatoms. The number of aliphatic hydroxyl groups excluding tert-OH is 1. The third-order valence-corrected chi connectivity index (χ3v) is 6.95. The van der Waals surface area contributed by atoms with Gasteiger partial charge in [-0.15, -0.1) is 0 Å². The first-order chi connectivity index (χ1) is 19.1. The van der Waals surface area contributed by atoms with E-state index in [1.807, 2.05) is 33.0 Å². The Morgan fingerprint density at radius 1 is 1.25 bits per heavy atom. The Labute approximate surface area is 235 Å². The second-order valence-electron chi connectivity index (χ2n) is 11.2. The van der Waals surface area contributed by atoms with E-state index in [1.54, 1.807) is 22.9 Å². The monoisotopic (exact) mass is 554 g/mol. The summed E-state index contributed by atoms with van der Waals surface area (Å²) in [5.74, 6) is 1.32. The van der Waals surface area contributed by atoms with E-state index >= 15 is 0 Å². The van der Waals surface area contributed by atoms with Crippen molar-refractivity contribution in [1.82, 2.24) is 29.6 Å². The van der Waals surface area contributed by atoms with Crippen molar-refractivity contribution in [3.8, 4) is 5.75 Å². The van der Waals surface area contributed by atoms with Gasteiger partial charge < -0.3 is 30.5 Å². The second kappa shape index (κ2) is 12.7. The summed E-state index contributed by atoms with van der Waals surface area (Å²) in [4.78, 5) is 28.3. The van der Waals surface area contributed by atoms with Crippen molar-refractivity contribution < 1.29 is 19.4 Å². The number of hydrogen-bond donors (Lipinski definition) is 3. The van der Waals surface area contributed by atoms with Gasteiger partial charge in [-0.2, -0.15) is 10.1 Å². The van der Waals surface area contributed by atoms with Gasteiger partial charge in [0.2, 0.25) is 5.95 Å². The average Bonchev–Trinajstić information content (AvgIpc) is 3.30. The highest BCUT2D eigenvalue weighted by Crippen LogP contribution is 2.34. The molecule has 1 amide bonds. The number of methoxy groups -OCH3 is 1. The van der Waals surface area contributed by atoms with Crippen molar-refractivity contribution in [2.24, 2.45) is 0 Å². The molecule has 0 bridgehead atoms. The maximum atomic E-state index is 13.0. The van der Waals surface area contributed by atoms with E-state index in [9.17, 15) is 9.90 Å². The zero-order chi connectivity index (χ0) is 28.9. The summed E-state index contributed by atoms with van der Waals surface area (Å²) in [7, 11) is 1.61. The molecule has 2 atom stereocenters. The van der Waals surface area contributed by atoms with E-state index in [2.05, 4.69) is 27.3 Å². The van der Waals surface area contributed by atoms with Crippen LogP contribution >= 0.6 is 0 Å². The number of nitrogens with zero attached hydrogens (tertiary/aromatic N) is 6. The molecular weight excluding hydrogens is 512 g/mol. The lowest BCUT2D eigenvalue weighted by Gasteiger charge is -2.37. The fourth-order valence-corrected chi connectivity index (χ4v) is 5.15. The Morgan fingerprint density at radius 3 is 2.75 bits per heavy atom. The van der Waals surface area contributed by atoms with Crippen molar-refractivity contribution in [3.05, 3.63) is 29.7 Å². The van der Waals surface area contributed by atoms with E-state index in [4.69, 9.17) is 20.2 Å². The molecular formula is C28H42N8O4. The van der Waals surface area contributed by atoms with Gasteiger partial charge in [-0.05, 0) is 64.5 Å². The van der Waals surface area contributed by atoms with Crippen LogP contribution in [0.5, 0.6) is 5.75 Å². The lowest BCUT2D eigenvalue weighted by atomic mass is 9.96. The van der Waals surface area contributed by atoms with Gasteiger partial charge in [0.05, 0.1) is 25.9 Å². The fourth-order valence-electron chi connectivity index (χ4n) is 5.15. The van der Waals surface area contributed by atoms with Crippen LogP contribution in [0.25, 0.3) is 11.0 Å². The van der Waals surface area contributed by atoms with E-state index in [1.165, 1.54) is 0 Å². The molecule has 3 aromatic heterocycles. The number of likely N-dealkylation sites (tertiary alicyclic amines) is 1. The molecule has 218 valence electrons. The molecule has 1 saturated heterocycles. The van der Waals surface area contributed by atoms with Crippen molar-refractivity contribution in [2.45, 2.75) is 90.4 Å². The van der Waals surface area contributed by atoms with Crippen LogP contribution in [-0.2, 0) is 11.3 Å². The van der Waals surface area contributed by atoms with Crippen LogP contribution in [0.15, 0.2) is 18.5 Å². The summed E-state index contributed by atoms with van der Waals surface area (Å²) >= 11 is 0. The van der Waals surface area contributed by atoms with Crippen LogP contribution in [0.1, 0.15) is 83.5 Å². The average molecular weight is 555 g/mol. The van der Waals surface area contributed by atoms with Gasteiger partial charge in [-0.3, -0.25) is 9.67 Å². The largest absolute Gasteiger partial charge is 0.495 e. The predicted molar refractivity (Wildman–Crippen MR) is 153 cm³/mol. The molecule has 4 heterocycles. The third kappa shape index (κ3) is 6.90. The van der Waals surface area contributed by atoms with Crippen LogP contribution in [0, 0.1) is 0 Å². The van der Waals surface area contributed by atoms with Gasteiger partial charge in [-0.25, -0.2) is 9.78 Å². The summed E-state index contributed by atoms with van der Waals surface area (Å²) in [6.45, 7) is 8.74. The summed E-state index contributed by atoms with van der Waals surface area (Å²) in [6, 6.07) is 1.85. The number of aromatic nitrogens is 5. The standard InChI is InChI=1S/C28H42N8O4/c1-6-9-19(11-13-37)32-25-24-20(33-26(29)34-25)16-31-36(24)17-21-23(39-5)14-18(15-30-21)22-10-7-8-12-35(22)27(38)40-28(2,3)4/h14-16,19,22,37H,6-13,17H2,1-5H3,(H3,29,32,33,34)/t19-,22?/m0/s1. The minimum atomic E-state index is -0.567. The van der Waals surface area contributed by atoms with E-state index in [0.29, 0.717) is 47.8 Å². The lowest BCUT2D eigenvalue weighted by Crippen LogP contribution is -2.41. The summed E-state index contributed by atoms with van der Waals surface area (Å²) in [5.41, 5.74) is 8.32. The number of piperidine rings is 1. The third-order valence-electron chi connectivity index (χ3n) is 6.95. The number of carbonyl (C=O) groups is 1. The smallest absolute Gasteiger partial charge is 0.410 e. The SMILES string of the molecule is CCC[C@@H](CCO)Nc1nc(N)nc2cnn(Cc3ncc(C4CCCCN4C(=O)OC(C)(C)C)cc3OC)c12. The van der Waals surface area contributed by atoms with Crippen molar-refractivity contribution in [1.29, 1.82) is 0 Å². The highest BCUT2D eigenvalue weighted by atomic mass is 16.6. The normalized spacial score (nSPS) is 16.6. The fraction of sp³-hybridized carbons (Fsp3) is 0.607. The van der Waals surface area contributed by atoms with Gasteiger partial charge in [0.15, 0.2) is 5.82 Å². The number of pyridine rings is 1. The molecule has 1 fully saturated rings. The van der Waals surface area contributed by atoms with Gasteiger partial charge in [-0.1, -0.05) is 13.3 Å². The van der Waals surface area contributed by atoms with Crippen LogP contribution in [0.3, 0.4) is 0 Å². The number of hydrogen-bond acceptors (Lipinski definition) is 10. The number of fused-ring (bicyclic) bond motifs is 1. The molecule has 0 saturated carbocycles. The van der Waals surface area contributed by atoms with Crippen LogP contribution in [-0.4, -0.2) is 72.7 Å². The van der Waals surface area contributed by atoms with Gasteiger partial charge >= 0.3 is 6.09 Å². The van der Waals surface area contributed by atoms with E-state index < -0.39 is 5.60 Å². The zero-order valence-electron chi connectivity index (χ0n) is 24.2. The van der Waals surface area contributed by atoms with E-state index in [-0.39, 0.29) is 30.7 Å². The molecule has 0 radical (unpaired) electrons. The number of nitrogens with two attached hydrogens (primary N) is 1. The Hall–Kier alpha value is -3.67. The topological polar surface area (TPSA) is 154 Å². The Kier molecular flexibility index (Phi) is 9.28. The highest BCUT2D eigenvalue weighted by molar-refractivity contribution is 5.86. The van der Waals surface area contributed by atoms with Gasteiger partial charge in [0.1, 0.15) is 28.1 Å². The molecule has 1 aliphatic rings. The van der Waals surface area contributed by atoms with E-state index in [0.717, 1.165) is 37.7 Å². The molecule has 0 aromatic carbocycles. The van der Waals surface area contributed by atoms with Crippen LogP contribution < -0.4 is 15.8 Å². The molecule has 1 unspecified atom stereocenters. The molecule has 1 aliphatic heterocycles. The molecule has 4 rings (SSSR count). The van der Waals surface area contributed by atoms with Crippen molar-refractivity contribution in [3.63, 3.8) is 0 Å². The summed E-state index contributed by atoms with van der Waals surface area (Å²) in [6.07, 6.45) is 8.35. The van der Waals surface area contributed by atoms with Gasteiger partial charge in [0.25, 0.3) is 0 Å². The maximum absolute atomic E-state index is 13.0. The van der Waals surface area contributed by atoms with Gasteiger partial charge in [0, 0.05) is 25.4 Å². The molecule has 0 aliphatic carbocycles. The number of nitrogens with one attached hydrogen (secondary N) is 1. The lowest BCUT2D eigenvalue weighted by molar-refractivity contribution is 0.00944. The van der Waals surface area contributed by atoms with Crippen molar-refractivity contribution in [2.75, 3.05) is 31.3 Å². The maximum Gasteiger partial charge on any atom is 0.410 e. The molecule has 3 aromatic rings. The molecule has 12 nitrogen and oxygen atoms in total. The highest BCUT2D eigenvalue weighted by Gasteiger charge is 2.32. The first-order valence-corrected chi connectivity index (χ1v) is 14.0. The number of carbonyl (C=O) groups excluding carboxylic acids is 1. The minimum absolute atomic E-state index is 0.0335. The molecule has 0 spiro atoms. The Morgan fingerprint density at radius 2 is 2.05 bits per heavy atom. The second-order valence-corrected chi connectivity index (χ2v) is 11.2. The number of ether oxygens (including phenoxy) is 2. The zero-order valence-corrected chi connectivity index (χ0v) is 24.2. The number of aliphatic hydroxyl groups is 1. The Balaban J connectivity index is 1.63. The number of anilines is 2. The first-order valence-electron chi connectivity index (χ1n) is 14.0. The Bertz CT molecular complexity index is 1300. The number of amides is 1. The number of rotatable bonds is 10. The number of nitrogen functional groups attached to an aromatic ring is 1. The quantitative estimate of drug-likeness (QED) is 0.331. The van der Waals surface area contributed by atoms with Crippen molar-refractivity contribution >= 4 is 28.9 Å². The molecule has 40 heavy (non-hydrogen) atoms. The predicted octanol–water partition coefficient (Wildman–Crippen LogP) is 4.29. The minimum Gasteiger partial charge on any atom is -0.495 e. The first kappa shape index (κ1) is 29.3. The molecule has 4 N–H and O–H groups in total.